The van der Waals surface area contributed by atoms with Crippen LogP contribution < -0.4 is 0 Å². The van der Waals surface area contributed by atoms with Crippen LogP contribution in [0.2, 0.25) is 0 Å². The number of alkyl halides is 1. The molecule has 0 saturated carbocycles. The monoisotopic (exact) mass is 241 g/mol. The predicted octanol–water partition coefficient (Wildman–Crippen LogP) is 3.93. The minimum absolute atomic E-state index is 0.497. The molecule has 2 rings (SSSR count). The summed E-state index contributed by atoms with van der Waals surface area (Å²) in [5, 5.41) is 0. The van der Waals surface area contributed by atoms with Crippen LogP contribution in [-0.4, -0.2) is 18.7 Å². The van der Waals surface area contributed by atoms with Gasteiger partial charge in [-0.15, -0.1) is 0 Å². The number of hydrogen-bond donors (Lipinski definition) is 0. The lowest BCUT2D eigenvalue weighted by atomic mass is 9.99. The Hall–Kier alpha value is -2.09. The third kappa shape index (κ3) is 2.98. The zero-order valence-corrected chi connectivity index (χ0v) is 10.4. The van der Waals surface area contributed by atoms with Crippen molar-refractivity contribution >= 4 is 5.57 Å². The van der Waals surface area contributed by atoms with Gasteiger partial charge in [0.05, 0.1) is 0 Å². The summed E-state index contributed by atoms with van der Waals surface area (Å²) in [6.45, 7) is -0.497. The fourth-order valence-corrected chi connectivity index (χ4v) is 1.81. The zero-order chi connectivity index (χ0) is 12.8. The Bertz CT molecular complexity index is 464. The van der Waals surface area contributed by atoms with E-state index in [1.54, 1.807) is 7.05 Å². The maximum absolute atomic E-state index is 12.7. The summed E-state index contributed by atoms with van der Waals surface area (Å²) >= 11 is 0. The summed E-state index contributed by atoms with van der Waals surface area (Å²) in [5.41, 5.74) is 3.20. The van der Waals surface area contributed by atoms with Crippen LogP contribution in [0.15, 0.2) is 66.9 Å². The van der Waals surface area contributed by atoms with Gasteiger partial charge in [-0.2, -0.15) is 0 Å². The van der Waals surface area contributed by atoms with Gasteiger partial charge in [0, 0.05) is 18.8 Å². The van der Waals surface area contributed by atoms with E-state index < -0.39 is 6.80 Å². The summed E-state index contributed by atoms with van der Waals surface area (Å²) in [5.74, 6) is 0. The van der Waals surface area contributed by atoms with Gasteiger partial charge < -0.3 is 4.90 Å². The van der Waals surface area contributed by atoms with Crippen LogP contribution in [0.1, 0.15) is 11.1 Å². The van der Waals surface area contributed by atoms with Crippen molar-refractivity contribution in [1.29, 1.82) is 0 Å². The van der Waals surface area contributed by atoms with E-state index >= 15 is 0 Å². The van der Waals surface area contributed by atoms with Crippen LogP contribution >= 0.6 is 0 Å². The van der Waals surface area contributed by atoms with E-state index in [0.29, 0.717) is 0 Å². The molecule has 18 heavy (non-hydrogen) atoms. The second-order valence-corrected chi connectivity index (χ2v) is 4.15. The highest BCUT2D eigenvalue weighted by molar-refractivity contribution is 5.79. The quantitative estimate of drug-likeness (QED) is 0.733. The molecule has 1 nitrogen and oxygen atoms in total. The molecule has 0 fully saturated rings. The van der Waals surface area contributed by atoms with E-state index in [4.69, 9.17) is 0 Å². The average Bonchev–Trinajstić information content (AvgIpc) is 2.46. The molecule has 0 amide bonds. The van der Waals surface area contributed by atoms with Crippen LogP contribution in [0.25, 0.3) is 5.57 Å². The molecule has 0 atom stereocenters. The highest BCUT2D eigenvalue weighted by Gasteiger charge is 2.05. The summed E-state index contributed by atoms with van der Waals surface area (Å²) in [4.78, 5) is 1.54. The minimum Gasteiger partial charge on any atom is -0.353 e. The molecular weight excluding hydrogens is 225 g/mol. The number of halogens is 1. The van der Waals surface area contributed by atoms with Gasteiger partial charge in [0.25, 0.3) is 0 Å². The first-order valence-electron chi connectivity index (χ1n) is 5.90. The van der Waals surface area contributed by atoms with Crippen LogP contribution in [0.3, 0.4) is 0 Å². The standard InChI is InChI=1S/C16H16FN/c1-18(13-17)12-16(14-8-4-2-5-9-14)15-10-6-3-7-11-15/h2-12H,13H2,1H3. The smallest absolute Gasteiger partial charge is 0.161 e. The first-order chi connectivity index (χ1) is 8.81. The molecule has 2 aromatic rings. The molecule has 92 valence electrons. The van der Waals surface area contributed by atoms with Crippen molar-refractivity contribution in [2.45, 2.75) is 0 Å². The second-order valence-electron chi connectivity index (χ2n) is 4.15. The normalized spacial score (nSPS) is 9.89. The van der Waals surface area contributed by atoms with Crippen molar-refractivity contribution < 1.29 is 4.39 Å². The SMILES string of the molecule is CN(C=C(c1ccccc1)c1ccccc1)CF. The van der Waals surface area contributed by atoms with Crippen LogP contribution in [0.4, 0.5) is 4.39 Å². The van der Waals surface area contributed by atoms with E-state index in [9.17, 15) is 4.39 Å². The number of hydrogen-bond acceptors (Lipinski definition) is 1. The molecule has 0 heterocycles. The number of benzene rings is 2. The van der Waals surface area contributed by atoms with E-state index in [1.807, 2.05) is 66.9 Å². The zero-order valence-electron chi connectivity index (χ0n) is 10.4. The molecule has 2 heteroatoms. The Kier molecular flexibility index (Phi) is 4.13. The molecular formula is C16H16FN. The average molecular weight is 241 g/mol. The van der Waals surface area contributed by atoms with E-state index in [1.165, 1.54) is 4.90 Å². The van der Waals surface area contributed by atoms with Gasteiger partial charge in [-0.1, -0.05) is 60.7 Å². The van der Waals surface area contributed by atoms with E-state index in [0.717, 1.165) is 16.7 Å². The lowest BCUT2D eigenvalue weighted by Gasteiger charge is -2.14. The fraction of sp³-hybridized carbons (Fsp3) is 0.125. The molecule has 0 spiro atoms. The molecule has 0 radical (unpaired) electrons. The van der Waals surface area contributed by atoms with Gasteiger partial charge in [0.2, 0.25) is 0 Å². The lowest BCUT2D eigenvalue weighted by Crippen LogP contribution is -2.09. The van der Waals surface area contributed by atoms with Gasteiger partial charge in [-0.3, -0.25) is 0 Å². The maximum atomic E-state index is 12.7. The molecule has 0 saturated heterocycles. The number of nitrogens with zero attached hydrogens (tertiary/aromatic N) is 1. The van der Waals surface area contributed by atoms with Gasteiger partial charge in [0.15, 0.2) is 6.80 Å². The highest BCUT2D eigenvalue weighted by Crippen LogP contribution is 2.23. The Morgan fingerprint density at radius 2 is 1.39 bits per heavy atom. The summed E-state index contributed by atoms with van der Waals surface area (Å²) in [6.07, 6.45) is 1.84. The van der Waals surface area contributed by atoms with Crippen molar-refractivity contribution in [3.05, 3.63) is 78.0 Å². The fourth-order valence-electron chi connectivity index (χ4n) is 1.81. The molecule has 0 aliphatic carbocycles. The Morgan fingerprint density at radius 3 is 1.78 bits per heavy atom. The molecule has 0 unspecified atom stereocenters. The molecule has 0 N–H and O–H groups in total. The van der Waals surface area contributed by atoms with Gasteiger partial charge >= 0.3 is 0 Å². The van der Waals surface area contributed by atoms with Crippen LogP contribution in [0, 0.1) is 0 Å². The lowest BCUT2D eigenvalue weighted by molar-refractivity contribution is 0.295. The minimum atomic E-state index is -0.497. The maximum Gasteiger partial charge on any atom is 0.161 e. The third-order valence-corrected chi connectivity index (χ3v) is 2.71. The Labute approximate surface area is 107 Å². The summed E-state index contributed by atoms with van der Waals surface area (Å²) in [7, 11) is 1.73. The van der Waals surface area contributed by atoms with E-state index in [2.05, 4.69) is 0 Å². The largest absolute Gasteiger partial charge is 0.353 e. The van der Waals surface area contributed by atoms with Crippen molar-refractivity contribution in [2.24, 2.45) is 0 Å². The van der Waals surface area contributed by atoms with Crippen molar-refractivity contribution in [2.75, 3.05) is 13.8 Å². The summed E-state index contributed by atoms with van der Waals surface area (Å²) < 4.78 is 12.7. The third-order valence-electron chi connectivity index (χ3n) is 2.71. The van der Waals surface area contributed by atoms with Crippen molar-refractivity contribution in [3.63, 3.8) is 0 Å². The highest BCUT2D eigenvalue weighted by atomic mass is 19.1. The van der Waals surface area contributed by atoms with Crippen LogP contribution in [-0.2, 0) is 0 Å². The van der Waals surface area contributed by atoms with Crippen LogP contribution in [0.5, 0.6) is 0 Å². The topological polar surface area (TPSA) is 3.24 Å². The van der Waals surface area contributed by atoms with Crippen molar-refractivity contribution in [3.8, 4) is 0 Å². The molecule has 0 bridgehead atoms. The predicted molar refractivity (Wildman–Crippen MR) is 73.7 cm³/mol. The number of rotatable bonds is 4. The van der Waals surface area contributed by atoms with Gasteiger partial charge in [-0.05, 0) is 11.1 Å². The molecule has 0 aromatic heterocycles. The first kappa shape index (κ1) is 12.4. The van der Waals surface area contributed by atoms with Crippen molar-refractivity contribution in [1.82, 2.24) is 4.90 Å². The Balaban J connectivity index is 2.45. The van der Waals surface area contributed by atoms with Gasteiger partial charge in [-0.25, -0.2) is 4.39 Å². The molecule has 0 aliphatic rings. The first-order valence-corrected chi connectivity index (χ1v) is 5.90. The second kappa shape index (κ2) is 6.01. The van der Waals surface area contributed by atoms with E-state index in [-0.39, 0.29) is 0 Å². The summed E-state index contributed by atoms with van der Waals surface area (Å²) in [6, 6.07) is 20.0. The Morgan fingerprint density at radius 1 is 0.944 bits per heavy atom. The molecule has 2 aromatic carbocycles. The van der Waals surface area contributed by atoms with Gasteiger partial charge in [0.1, 0.15) is 0 Å². The molecule has 0 aliphatic heterocycles.